The molecule has 0 saturated carbocycles. The molecule has 4 aromatic rings. The van der Waals surface area contributed by atoms with Gasteiger partial charge in [-0.15, -0.1) is 0 Å². The molecule has 0 radical (unpaired) electrons. The van der Waals surface area contributed by atoms with E-state index < -0.39 is 93.0 Å². The maximum absolute atomic E-state index is 13.1. The zero-order valence-corrected chi connectivity index (χ0v) is 40.4. The van der Waals surface area contributed by atoms with Crippen molar-refractivity contribution in [2.45, 2.75) is 51.0 Å². The van der Waals surface area contributed by atoms with Crippen LogP contribution in [0.5, 0.6) is 23.0 Å². The maximum atomic E-state index is 13.1. The van der Waals surface area contributed by atoms with Gasteiger partial charge in [0.1, 0.15) is 25.3 Å². The van der Waals surface area contributed by atoms with Gasteiger partial charge in [0.05, 0.1) is 83.8 Å². The molecular formula is C46H41ClN8O20. The summed E-state index contributed by atoms with van der Waals surface area (Å²) in [5, 5.41) is 24.5. The van der Waals surface area contributed by atoms with Crippen LogP contribution < -0.4 is 35.7 Å². The molecule has 0 bridgehead atoms. The van der Waals surface area contributed by atoms with Crippen molar-refractivity contribution in [1.29, 1.82) is 0 Å². The number of carbonyl (C=O) groups excluding carboxylic acids is 10. The van der Waals surface area contributed by atoms with Gasteiger partial charge in [0.25, 0.3) is 40.9 Å². The first-order chi connectivity index (χ1) is 35.6. The Hall–Kier alpha value is -9.73. The molecule has 4 heterocycles. The number of anilines is 2. The summed E-state index contributed by atoms with van der Waals surface area (Å²) in [6.07, 6.45) is -1.73. The smallest absolute Gasteiger partial charge is 0.423 e. The summed E-state index contributed by atoms with van der Waals surface area (Å²) in [7, 11) is 5.34. The highest BCUT2D eigenvalue weighted by atomic mass is 35.5. The van der Waals surface area contributed by atoms with Crippen LogP contribution in [-0.2, 0) is 41.9 Å². The standard InChI is InChI=1S/C23H20N4O10.C13H11N3O4.C10H10ClNO6/c1-35-16-8-11(15(27(33)34)9-17(16)36-2)10-37-23(32)26-18(28)7-6-14(21(26)30)25-20(29)12-4-3-5-13(24)19(12)22(25)31;14-7-3-1-2-6-10(7)13(20)16(12(6)19)8-4-5-9(17)15-11(8)18;1-16-8-3-6(5-18-10(11)13)7(12(14)15)4-9(8)17-2/h3-5,8-9,14H,6-7,10,24H2,1-2H3;1-3,8H,4-5,14H2,(H,15,17,18);3-4H,5H2,1-2H3. The van der Waals surface area contributed by atoms with Gasteiger partial charge in [0.2, 0.25) is 17.7 Å². The Balaban J connectivity index is 0.000000202. The van der Waals surface area contributed by atoms with Crippen molar-refractivity contribution in [3.05, 3.63) is 114 Å². The van der Waals surface area contributed by atoms with Crippen LogP contribution in [0, 0.1) is 20.2 Å². The van der Waals surface area contributed by atoms with E-state index >= 15 is 0 Å². The number of carbonyl (C=O) groups is 10. The molecule has 0 aliphatic carbocycles. The second-order valence-corrected chi connectivity index (χ2v) is 16.2. The van der Waals surface area contributed by atoms with Gasteiger partial charge in [-0.2, -0.15) is 4.90 Å². The molecule has 4 aromatic carbocycles. The first-order valence-corrected chi connectivity index (χ1v) is 22.0. The average molecular weight is 1060 g/mol. The van der Waals surface area contributed by atoms with Crippen molar-refractivity contribution < 1.29 is 86.2 Å². The van der Waals surface area contributed by atoms with E-state index in [1.54, 1.807) is 6.07 Å². The second kappa shape index (κ2) is 22.8. The molecule has 28 nitrogen and oxygen atoms in total. The lowest BCUT2D eigenvalue weighted by Crippen LogP contribution is -2.57. The predicted molar refractivity (Wildman–Crippen MR) is 252 cm³/mol. The molecular weight excluding hydrogens is 1020 g/mol. The van der Waals surface area contributed by atoms with Crippen LogP contribution in [0.4, 0.5) is 32.3 Å². The molecule has 2 saturated heterocycles. The van der Waals surface area contributed by atoms with E-state index in [0.717, 1.165) is 11.0 Å². The summed E-state index contributed by atoms with van der Waals surface area (Å²) in [6.45, 7) is -1.01. The Labute approximate surface area is 426 Å². The minimum absolute atomic E-state index is 0.00425. The molecule has 0 aromatic heterocycles. The summed E-state index contributed by atoms with van der Waals surface area (Å²) >= 11 is 5.00. The summed E-state index contributed by atoms with van der Waals surface area (Å²) in [5.41, 5.74) is 10.4. The van der Waals surface area contributed by atoms with Gasteiger partial charge in [-0.05, 0) is 49.2 Å². The van der Waals surface area contributed by atoms with Crippen LogP contribution in [0.15, 0.2) is 60.7 Å². The number of nitrogen functional groups attached to an aromatic ring is 2. The quantitative estimate of drug-likeness (QED) is 0.0597. The number of ether oxygens (including phenoxy) is 6. The number of methoxy groups -OCH3 is 4. The zero-order valence-electron chi connectivity index (χ0n) is 39.6. The lowest BCUT2D eigenvalue weighted by molar-refractivity contribution is -0.386. The monoisotopic (exact) mass is 1060 g/mol. The minimum Gasteiger partial charge on any atom is -0.493 e. The molecule has 8 rings (SSSR count). The number of nitro groups is 2. The molecule has 29 heteroatoms. The van der Waals surface area contributed by atoms with Crippen LogP contribution >= 0.6 is 11.6 Å². The van der Waals surface area contributed by atoms with Crippen molar-refractivity contribution >= 4 is 93.1 Å². The van der Waals surface area contributed by atoms with Crippen LogP contribution in [-0.4, -0.2) is 124 Å². The molecule has 4 aliphatic rings. The Morgan fingerprint density at radius 1 is 0.640 bits per heavy atom. The van der Waals surface area contributed by atoms with Crippen LogP contribution in [0.25, 0.3) is 0 Å². The number of piperidine rings is 2. The molecule has 0 spiro atoms. The SMILES string of the molecule is COc1cc(COC(=O)Cl)c([N+](=O)[O-])cc1OC.COc1cc(COC(=O)N2C(=O)CCC(N3C(=O)c4cccc(N)c4C3=O)C2=O)c([N+](=O)[O-])cc1OC.Nc1cccc2c1C(=O)N(C1CCC(=O)NC1=O)C2=O. The van der Waals surface area contributed by atoms with Gasteiger partial charge >= 0.3 is 11.5 Å². The highest BCUT2D eigenvalue weighted by Crippen LogP contribution is 2.38. The lowest BCUT2D eigenvalue weighted by atomic mass is 10.0. The number of nitrogens with one attached hydrogen (secondary N) is 1. The minimum atomic E-state index is -1.45. The van der Waals surface area contributed by atoms with Crippen molar-refractivity contribution in [3.63, 3.8) is 0 Å². The first kappa shape index (κ1) is 54.6. The second-order valence-electron chi connectivity index (χ2n) is 15.9. The Morgan fingerprint density at radius 2 is 1.07 bits per heavy atom. The summed E-state index contributed by atoms with van der Waals surface area (Å²) in [4.78, 5) is 145. The third kappa shape index (κ3) is 11.0. The molecule has 2 fully saturated rings. The normalized spacial score (nSPS) is 16.6. The number of amides is 9. The third-order valence-corrected chi connectivity index (χ3v) is 11.7. The molecule has 392 valence electrons. The number of nitrogens with two attached hydrogens (primary N) is 2. The van der Waals surface area contributed by atoms with Gasteiger partial charge in [0.15, 0.2) is 23.0 Å². The van der Waals surface area contributed by atoms with E-state index in [0.29, 0.717) is 10.6 Å². The predicted octanol–water partition coefficient (Wildman–Crippen LogP) is 3.80. The number of likely N-dealkylation sites (tertiary alicyclic amines) is 1. The molecule has 5 N–H and O–H groups in total. The number of benzene rings is 4. The van der Waals surface area contributed by atoms with Gasteiger partial charge < -0.3 is 39.9 Å². The van der Waals surface area contributed by atoms with Crippen molar-refractivity contribution in [3.8, 4) is 23.0 Å². The van der Waals surface area contributed by atoms with E-state index in [1.165, 1.54) is 77.0 Å². The van der Waals surface area contributed by atoms with Crippen LogP contribution in [0.1, 0.15) is 78.2 Å². The first-order valence-electron chi connectivity index (χ1n) is 21.6. The summed E-state index contributed by atoms with van der Waals surface area (Å²) in [5.74, 6) is -5.13. The van der Waals surface area contributed by atoms with Crippen molar-refractivity contribution in [1.82, 2.24) is 20.0 Å². The van der Waals surface area contributed by atoms with Crippen molar-refractivity contribution in [2.24, 2.45) is 0 Å². The Kier molecular flexibility index (Phi) is 16.6. The number of halogens is 1. The largest absolute Gasteiger partial charge is 0.493 e. The van der Waals surface area contributed by atoms with Gasteiger partial charge in [-0.3, -0.25) is 73.7 Å². The lowest BCUT2D eigenvalue weighted by Gasteiger charge is -2.32. The van der Waals surface area contributed by atoms with E-state index in [4.69, 9.17) is 46.8 Å². The van der Waals surface area contributed by atoms with Crippen molar-refractivity contribution in [2.75, 3.05) is 39.9 Å². The third-order valence-electron chi connectivity index (χ3n) is 11.6. The number of nitro benzene ring substituents is 2. The van der Waals surface area contributed by atoms with Gasteiger partial charge in [-0.1, -0.05) is 12.1 Å². The number of hydrogen-bond acceptors (Lipinski definition) is 22. The number of nitrogens with zero attached hydrogens (tertiary/aromatic N) is 5. The highest BCUT2D eigenvalue weighted by Gasteiger charge is 2.50. The summed E-state index contributed by atoms with van der Waals surface area (Å²) < 4.78 is 29.7. The van der Waals surface area contributed by atoms with Gasteiger partial charge in [0, 0.05) is 35.8 Å². The van der Waals surface area contributed by atoms with Gasteiger partial charge in [-0.25, -0.2) is 9.59 Å². The fourth-order valence-electron chi connectivity index (χ4n) is 8.08. The molecule has 75 heavy (non-hydrogen) atoms. The fourth-order valence-corrected chi connectivity index (χ4v) is 8.14. The average Bonchev–Trinajstić information content (AvgIpc) is 3.79. The number of hydrogen-bond donors (Lipinski definition) is 3. The highest BCUT2D eigenvalue weighted by molar-refractivity contribution is 6.61. The van der Waals surface area contributed by atoms with Crippen LogP contribution in [0.3, 0.4) is 0 Å². The maximum Gasteiger partial charge on any atom is 0.423 e. The Bertz CT molecular complexity index is 3130. The van der Waals surface area contributed by atoms with Crippen LogP contribution in [0.2, 0.25) is 0 Å². The zero-order chi connectivity index (χ0) is 55.2. The Morgan fingerprint density at radius 3 is 1.48 bits per heavy atom. The van der Waals surface area contributed by atoms with E-state index in [9.17, 15) is 68.2 Å². The van der Waals surface area contributed by atoms with E-state index in [-0.39, 0.29) is 105 Å². The van der Waals surface area contributed by atoms with E-state index in [2.05, 4.69) is 10.1 Å². The molecule has 9 amide bonds. The number of rotatable bonds is 12. The topological polar surface area (TPSA) is 386 Å². The number of imide groups is 6. The molecule has 2 unspecified atom stereocenters. The molecule has 4 aliphatic heterocycles. The van der Waals surface area contributed by atoms with E-state index in [1.807, 2.05) is 0 Å². The number of fused-ring (bicyclic) bond motifs is 2. The molecule has 2 atom stereocenters. The summed E-state index contributed by atoms with van der Waals surface area (Å²) in [6, 6.07) is 11.3. The fraction of sp³-hybridized carbons (Fsp3) is 0.261.